The van der Waals surface area contributed by atoms with E-state index in [0.29, 0.717) is 19.3 Å². The van der Waals surface area contributed by atoms with Crippen LogP contribution in [0.3, 0.4) is 0 Å². The zero-order valence-corrected chi connectivity index (χ0v) is 10.9. The zero-order chi connectivity index (χ0) is 13.6. The number of carboxylic acids is 1. The molecule has 3 rings (SSSR count). The predicted molar refractivity (Wildman–Crippen MR) is 66.1 cm³/mol. The van der Waals surface area contributed by atoms with Crippen LogP contribution in [0.2, 0.25) is 0 Å². The van der Waals surface area contributed by atoms with Gasteiger partial charge in [0.2, 0.25) is 11.8 Å². The van der Waals surface area contributed by atoms with Crippen LogP contribution in [0.4, 0.5) is 0 Å². The zero-order valence-electron chi connectivity index (χ0n) is 10.9. The molecule has 3 fully saturated rings. The highest BCUT2D eigenvalue weighted by Crippen LogP contribution is 2.44. The molecule has 2 amide bonds. The second kappa shape index (κ2) is 4.32. The van der Waals surface area contributed by atoms with Crippen molar-refractivity contribution >= 4 is 17.8 Å². The molecule has 104 valence electrons. The molecule has 1 saturated heterocycles. The number of fused-ring (bicyclic) bond motifs is 2. The molecule has 0 aromatic carbocycles. The SMILES string of the molecule is O=C1C2CCC(C2)C(=O)N1C1(C(=O)O)CCCCC1. The van der Waals surface area contributed by atoms with Crippen molar-refractivity contribution in [2.24, 2.45) is 11.8 Å². The summed E-state index contributed by atoms with van der Waals surface area (Å²) in [6.45, 7) is 0. The number of hydrogen-bond donors (Lipinski definition) is 1. The second-order valence-corrected chi connectivity index (χ2v) is 6.12. The number of imide groups is 1. The Morgan fingerprint density at radius 1 is 1.05 bits per heavy atom. The quantitative estimate of drug-likeness (QED) is 0.769. The van der Waals surface area contributed by atoms with E-state index in [-0.39, 0.29) is 23.7 Å². The normalized spacial score (nSPS) is 33.6. The van der Waals surface area contributed by atoms with Gasteiger partial charge in [0.15, 0.2) is 0 Å². The summed E-state index contributed by atoms with van der Waals surface area (Å²) in [6, 6.07) is 0. The molecule has 0 radical (unpaired) electrons. The van der Waals surface area contributed by atoms with Crippen molar-refractivity contribution in [2.75, 3.05) is 0 Å². The summed E-state index contributed by atoms with van der Waals surface area (Å²) in [6.07, 6.45) is 5.47. The first-order valence-electron chi connectivity index (χ1n) is 7.17. The number of carbonyl (C=O) groups excluding carboxylic acids is 2. The first-order valence-corrected chi connectivity index (χ1v) is 7.17. The summed E-state index contributed by atoms with van der Waals surface area (Å²) in [7, 11) is 0. The maximum Gasteiger partial charge on any atom is 0.330 e. The van der Waals surface area contributed by atoms with Gasteiger partial charge in [-0.3, -0.25) is 14.5 Å². The Hall–Kier alpha value is -1.39. The van der Waals surface area contributed by atoms with Gasteiger partial charge in [0.1, 0.15) is 5.54 Å². The number of carbonyl (C=O) groups is 3. The van der Waals surface area contributed by atoms with E-state index in [0.717, 1.165) is 37.0 Å². The van der Waals surface area contributed by atoms with Gasteiger partial charge >= 0.3 is 5.97 Å². The maximum atomic E-state index is 12.4. The fourth-order valence-corrected chi connectivity index (χ4v) is 4.00. The van der Waals surface area contributed by atoms with Crippen LogP contribution >= 0.6 is 0 Å². The van der Waals surface area contributed by atoms with Crippen molar-refractivity contribution in [1.82, 2.24) is 4.90 Å². The van der Waals surface area contributed by atoms with Crippen molar-refractivity contribution in [3.8, 4) is 0 Å². The van der Waals surface area contributed by atoms with Gasteiger partial charge < -0.3 is 5.11 Å². The van der Waals surface area contributed by atoms with Crippen molar-refractivity contribution in [3.63, 3.8) is 0 Å². The summed E-state index contributed by atoms with van der Waals surface area (Å²) < 4.78 is 0. The van der Waals surface area contributed by atoms with Crippen molar-refractivity contribution < 1.29 is 19.5 Å². The summed E-state index contributed by atoms with van der Waals surface area (Å²) in [5.41, 5.74) is -1.26. The van der Waals surface area contributed by atoms with Gasteiger partial charge in [0, 0.05) is 11.8 Å². The standard InChI is InChI=1S/C14H19NO4/c16-11-9-4-5-10(8-9)12(17)15(11)14(13(18)19)6-2-1-3-7-14/h9-10H,1-8H2,(H,18,19). The number of rotatable bonds is 2. The van der Waals surface area contributed by atoms with Gasteiger partial charge in [-0.15, -0.1) is 0 Å². The first-order chi connectivity index (χ1) is 9.06. The number of likely N-dealkylation sites (tertiary alicyclic amines) is 1. The highest BCUT2D eigenvalue weighted by Gasteiger charge is 2.56. The Morgan fingerprint density at radius 3 is 2.05 bits per heavy atom. The number of carboxylic acid groups (broad SMARTS) is 1. The molecular formula is C14H19NO4. The average Bonchev–Trinajstić information content (AvgIpc) is 2.84. The van der Waals surface area contributed by atoms with E-state index in [4.69, 9.17) is 0 Å². The van der Waals surface area contributed by atoms with Crippen molar-refractivity contribution in [3.05, 3.63) is 0 Å². The van der Waals surface area contributed by atoms with E-state index in [1.807, 2.05) is 0 Å². The third-order valence-electron chi connectivity index (χ3n) is 5.08. The minimum absolute atomic E-state index is 0.124. The van der Waals surface area contributed by atoms with E-state index in [2.05, 4.69) is 0 Å². The number of nitrogens with zero attached hydrogens (tertiary/aromatic N) is 1. The molecule has 0 spiro atoms. The van der Waals surface area contributed by atoms with Crippen LogP contribution in [0.25, 0.3) is 0 Å². The molecule has 2 atom stereocenters. The van der Waals surface area contributed by atoms with Crippen LogP contribution < -0.4 is 0 Å². The lowest BCUT2D eigenvalue weighted by Crippen LogP contribution is -2.63. The summed E-state index contributed by atoms with van der Waals surface area (Å²) in [5.74, 6) is -1.72. The molecule has 0 aromatic heterocycles. The molecule has 19 heavy (non-hydrogen) atoms. The molecular weight excluding hydrogens is 246 g/mol. The van der Waals surface area contributed by atoms with E-state index in [1.165, 1.54) is 0 Å². The number of hydrogen-bond acceptors (Lipinski definition) is 3. The molecule has 2 aliphatic carbocycles. The average molecular weight is 265 g/mol. The van der Waals surface area contributed by atoms with Gasteiger partial charge in [-0.05, 0) is 32.1 Å². The topological polar surface area (TPSA) is 74.7 Å². The van der Waals surface area contributed by atoms with Crippen molar-refractivity contribution in [1.29, 1.82) is 0 Å². The fraction of sp³-hybridized carbons (Fsp3) is 0.786. The third-order valence-corrected chi connectivity index (χ3v) is 5.08. The lowest BCUT2D eigenvalue weighted by atomic mass is 9.78. The van der Waals surface area contributed by atoms with Crippen LogP contribution in [-0.4, -0.2) is 33.3 Å². The van der Waals surface area contributed by atoms with E-state index < -0.39 is 11.5 Å². The van der Waals surface area contributed by atoms with Gasteiger partial charge in [0.05, 0.1) is 0 Å². The lowest BCUT2D eigenvalue weighted by Gasteiger charge is -2.44. The highest BCUT2D eigenvalue weighted by atomic mass is 16.4. The van der Waals surface area contributed by atoms with E-state index in [1.54, 1.807) is 0 Å². The van der Waals surface area contributed by atoms with Gasteiger partial charge in [-0.1, -0.05) is 19.3 Å². The Kier molecular flexibility index (Phi) is 2.87. The maximum absolute atomic E-state index is 12.4. The van der Waals surface area contributed by atoms with Gasteiger partial charge in [-0.25, -0.2) is 4.79 Å². The summed E-state index contributed by atoms with van der Waals surface area (Å²) >= 11 is 0. The van der Waals surface area contributed by atoms with Crippen LogP contribution in [0.1, 0.15) is 51.4 Å². The van der Waals surface area contributed by atoms with Crippen LogP contribution in [0, 0.1) is 11.8 Å². The number of piperidine rings is 1. The molecule has 5 nitrogen and oxygen atoms in total. The van der Waals surface area contributed by atoms with Crippen molar-refractivity contribution in [2.45, 2.75) is 56.9 Å². The molecule has 1 heterocycles. The monoisotopic (exact) mass is 265 g/mol. The number of amides is 2. The minimum atomic E-state index is -1.26. The largest absolute Gasteiger partial charge is 0.479 e. The second-order valence-electron chi connectivity index (χ2n) is 6.12. The predicted octanol–water partition coefficient (Wildman–Crippen LogP) is 1.56. The van der Waals surface area contributed by atoms with Crippen LogP contribution in [0.5, 0.6) is 0 Å². The Morgan fingerprint density at radius 2 is 1.58 bits per heavy atom. The minimum Gasteiger partial charge on any atom is -0.479 e. The molecule has 3 aliphatic rings. The number of aliphatic carboxylic acids is 1. The fourth-order valence-electron chi connectivity index (χ4n) is 4.00. The Labute approximate surface area is 112 Å². The molecule has 1 aliphatic heterocycles. The molecule has 1 N–H and O–H groups in total. The first kappa shape index (κ1) is 12.6. The summed E-state index contributed by atoms with van der Waals surface area (Å²) in [5, 5.41) is 9.62. The smallest absolute Gasteiger partial charge is 0.330 e. The van der Waals surface area contributed by atoms with E-state index in [9.17, 15) is 19.5 Å². The molecule has 2 saturated carbocycles. The van der Waals surface area contributed by atoms with Gasteiger partial charge in [-0.2, -0.15) is 0 Å². The molecule has 5 heteroatoms. The Bertz CT molecular complexity index is 417. The molecule has 0 aromatic rings. The van der Waals surface area contributed by atoms with Crippen LogP contribution in [-0.2, 0) is 14.4 Å². The highest BCUT2D eigenvalue weighted by molar-refractivity contribution is 6.05. The lowest BCUT2D eigenvalue weighted by molar-refractivity contribution is -0.174. The van der Waals surface area contributed by atoms with Crippen LogP contribution in [0.15, 0.2) is 0 Å². The molecule has 2 unspecified atom stereocenters. The molecule has 2 bridgehead atoms. The Balaban J connectivity index is 1.99. The summed E-state index contributed by atoms with van der Waals surface area (Å²) in [4.78, 5) is 37.8. The van der Waals surface area contributed by atoms with E-state index >= 15 is 0 Å². The van der Waals surface area contributed by atoms with Gasteiger partial charge in [0.25, 0.3) is 0 Å². The third kappa shape index (κ3) is 1.70.